The van der Waals surface area contributed by atoms with E-state index in [1.807, 2.05) is 11.3 Å². The van der Waals surface area contributed by atoms with Gasteiger partial charge in [-0.3, -0.25) is 0 Å². The Labute approximate surface area is 132 Å². The SMILES string of the molecule is Cc1ccc(C)c(C(C)NCC(c2cccs2)N(C)C)c1. The molecule has 1 aromatic heterocycles. The lowest BCUT2D eigenvalue weighted by Crippen LogP contribution is -2.32. The second kappa shape index (κ2) is 7.21. The van der Waals surface area contributed by atoms with Crippen LogP contribution in [0.15, 0.2) is 35.7 Å². The predicted molar refractivity (Wildman–Crippen MR) is 93.1 cm³/mol. The molecule has 0 fully saturated rings. The quantitative estimate of drug-likeness (QED) is 0.855. The molecule has 0 bridgehead atoms. The van der Waals surface area contributed by atoms with Gasteiger partial charge in [-0.05, 0) is 57.4 Å². The maximum absolute atomic E-state index is 3.70. The molecule has 0 aliphatic heterocycles. The van der Waals surface area contributed by atoms with E-state index in [9.17, 15) is 0 Å². The molecule has 2 aromatic rings. The van der Waals surface area contributed by atoms with Crippen molar-refractivity contribution in [2.45, 2.75) is 32.9 Å². The van der Waals surface area contributed by atoms with Gasteiger partial charge >= 0.3 is 0 Å². The van der Waals surface area contributed by atoms with Crippen molar-refractivity contribution in [1.82, 2.24) is 10.2 Å². The molecule has 0 aliphatic carbocycles. The van der Waals surface area contributed by atoms with E-state index in [0.29, 0.717) is 12.1 Å². The van der Waals surface area contributed by atoms with Gasteiger partial charge in [0.05, 0.1) is 6.04 Å². The molecule has 21 heavy (non-hydrogen) atoms. The Morgan fingerprint density at radius 3 is 2.57 bits per heavy atom. The Balaban J connectivity index is 2.05. The first-order chi connectivity index (χ1) is 9.99. The summed E-state index contributed by atoms with van der Waals surface area (Å²) in [5.74, 6) is 0. The molecule has 2 nitrogen and oxygen atoms in total. The number of hydrogen-bond acceptors (Lipinski definition) is 3. The van der Waals surface area contributed by atoms with Crippen LogP contribution in [-0.2, 0) is 0 Å². The van der Waals surface area contributed by atoms with E-state index in [1.54, 1.807) is 0 Å². The number of aryl methyl sites for hydroxylation is 2. The van der Waals surface area contributed by atoms with Gasteiger partial charge in [-0.15, -0.1) is 11.3 Å². The Morgan fingerprint density at radius 2 is 1.95 bits per heavy atom. The summed E-state index contributed by atoms with van der Waals surface area (Å²) in [7, 11) is 4.29. The highest BCUT2D eigenvalue weighted by Crippen LogP contribution is 2.24. The van der Waals surface area contributed by atoms with Crippen LogP contribution in [0.5, 0.6) is 0 Å². The molecule has 1 heterocycles. The number of rotatable bonds is 6. The van der Waals surface area contributed by atoms with Crippen molar-refractivity contribution in [2.75, 3.05) is 20.6 Å². The zero-order valence-electron chi connectivity index (χ0n) is 13.7. The Morgan fingerprint density at radius 1 is 1.19 bits per heavy atom. The topological polar surface area (TPSA) is 15.3 Å². The highest BCUT2D eigenvalue weighted by atomic mass is 32.1. The summed E-state index contributed by atoms with van der Waals surface area (Å²) in [4.78, 5) is 3.70. The molecular weight excluding hydrogens is 276 g/mol. The van der Waals surface area contributed by atoms with Crippen LogP contribution in [0.25, 0.3) is 0 Å². The van der Waals surface area contributed by atoms with E-state index >= 15 is 0 Å². The third-order valence-electron chi connectivity index (χ3n) is 4.01. The summed E-state index contributed by atoms with van der Waals surface area (Å²) in [5, 5.41) is 5.85. The minimum Gasteiger partial charge on any atom is -0.308 e. The molecule has 0 saturated carbocycles. The maximum Gasteiger partial charge on any atom is 0.0561 e. The van der Waals surface area contributed by atoms with Crippen molar-refractivity contribution < 1.29 is 0 Å². The summed E-state index contributed by atoms with van der Waals surface area (Å²) in [6.07, 6.45) is 0. The summed E-state index contributed by atoms with van der Waals surface area (Å²) in [6, 6.07) is 11.8. The minimum atomic E-state index is 0.368. The molecule has 1 N–H and O–H groups in total. The second-order valence-corrected chi connectivity index (χ2v) is 6.96. The van der Waals surface area contributed by atoms with Gasteiger partial charge < -0.3 is 10.2 Å². The van der Waals surface area contributed by atoms with E-state index in [2.05, 4.69) is 80.8 Å². The molecule has 0 amide bonds. The summed E-state index contributed by atoms with van der Waals surface area (Å²) < 4.78 is 0. The van der Waals surface area contributed by atoms with Crippen LogP contribution in [0, 0.1) is 13.8 Å². The first-order valence-electron chi connectivity index (χ1n) is 7.49. The standard InChI is InChI=1S/C18H26N2S/c1-13-8-9-14(2)16(11-13)15(3)19-12-17(20(4)5)18-7-6-10-21-18/h6-11,15,17,19H,12H2,1-5H3. The average Bonchev–Trinajstić information content (AvgIpc) is 2.95. The number of nitrogens with zero attached hydrogens (tertiary/aromatic N) is 1. The third kappa shape index (κ3) is 4.16. The van der Waals surface area contributed by atoms with Crippen molar-refractivity contribution in [1.29, 1.82) is 0 Å². The number of hydrogen-bond donors (Lipinski definition) is 1. The zero-order valence-corrected chi connectivity index (χ0v) is 14.5. The fourth-order valence-electron chi connectivity index (χ4n) is 2.64. The summed E-state index contributed by atoms with van der Waals surface area (Å²) in [5.41, 5.74) is 4.09. The van der Waals surface area contributed by atoms with Crippen LogP contribution < -0.4 is 5.32 Å². The number of likely N-dealkylation sites (N-methyl/N-ethyl adjacent to an activating group) is 1. The Hall–Kier alpha value is -1.16. The van der Waals surface area contributed by atoms with Gasteiger partial charge in [0.2, 0.25) is 0 Å². The minimum absolute atomic E-state index is 0.368. The number of thiophene rings is 1. The molecule has 114 valence electrons. The van der Waals surface area contributed by atoms with Gasteiger partial charge in [-0.25, -0.2) is 0 Å². The van der Waals surface area contributed by atoms with Gasteiger partial charge in [-0.1, -0.05) is 29.8 Å². The van der Waals surface area contributed by atoms with Gasteiger partial charge in [0.1, 0.15) is 0 Å². The van der Waals surface area contributed by atoms with E-state index in [0.717, 1.165) is 6.54 Å². The fraction of sp³-hybridized carbons (Fsp3) is 0.444. The van der Waals surface area contributed by atoms with Crippen molar-refractivity contribution >= 4 is 11.3 Å². The zero-order chi connectivity index (χ0) is 15.4. The molecule has 2 atom stereocenters. The molecule has 2 unspecified atom stereocenters. The lowest BCUT2D eigenvalue weighted by molar-refractivity contribution is 0.285. The summed E-state index contributed by atoms with van der Waals surface area (Å²) in [6.45, 7) is 7.56. The van der Waals surface area contributed by atoms with Gasteiger partial charge in [-0.2, -0.15) is 0 Å². The average molecular weight is 302 g/mol. The van der Waals surface area contributed by atoms with E-state index < -0.39 is 0 Å². The Bertz CT molecular complexity index is 561. The number of nitrogens with one attached hydrogen (secondary N) is 1. The third-order valence-corrected chi connectivity index (χ3v) is 4.99. The van der Waals surface area contributed by atoms with E-state index in [1.165, 1.54) is 21.6 Å². The van der Waals surface area contributed by atoms with Crippen LogP contribution in [0.1, 0.15) is 40.6 Å². The van der Waals surface area contributed by atoms with Crippen LogP contribution in [0.3, 0.4) is 0 Å². The highest BCUT2D eigenvalue weighted by molar-refractivity contribution is 7.10. The van der Waals surface area contributed by atoms with Gasteiger partial charge in [0, 0.05) is 17.5 Å². The molecule has 3 heteroatoms. The van der Waals surface area contributed by atoms with E-state index in [4.69, 9.17) is 0 Å². The van der Waals surface area contributed by atoms with Crippen molar-refractivity contribution in [3.05, 3.63) is 57.3 Å². The molecule has 2 rings (SSSR count). The molecular formula is C18H26N2S. The van der Waals surface area contributed by atoms with Gasteiger partial charge in [0.15, 0.2) is 0 Å². The van der Waals surface area contributed by atoms with Crippen LogP contribution in [-0.4, -0.2) is 25.5 Å². The molecule has 0 spiro atoms. The molecule has 0 saturated heterocycles. The monoisotopic (exact) mass is 302 g/mol. The van der Waals surface area contributed by atoms with Crippen molar-refractivity contribution in [2.24, 2.45) is 0 Å². The molecule has 0 aliphatic rings. The van der Waals surface area contributed by atoms with Crippen LogP contribution in [0.4, 0.5) is 0 Å². The lowest BCUT2D eigenvalue weighted by Gasteiger charge is -2.26. The highest BCUT2D eigenvalue weighted by Gasteiger charge is 2.17. The largest absolute Gasteiger partial charge is 0.308 e. The number of benzene rings is 1. The summed E-state index contributed by atoms with van der Waals surface area (Å²) >= 11 is 1.83. The first kappa shape index (κ1) is 16.2. The lowest BCUT2D eigenvalue weighted by atomic mass is 10.00. The molecule has 0 radical (unpaired) electrons. The van der Waals surface area contributed by atoms with Crippen molar-refractivity contribution in [3.63, 3.8) is 0 Å². The van der Waals surface area contributed by atoms with Crippen LogP contribution in [0.2, 0.25) is 0 Å². The maximum atomic E-state index is 3.70. The molecule has 1 aromatic carbocycles. The Kier molecular flexibility index (Phi) is 5.57. The predicted octanol–water partition coefficient (Wildman–Crippen LogP) is 4.32. The first-order valence-corrected chi connectivity index (χ1v) is 8.37. The smallest absolute Gasteiger partial charge is 0.0561 e. The van der Waals surface area contributed by atoms with E-state index in [-0.39, 0.29) is 0 Å². The normalized spacial score (nSPS) is 14.4. The van der Waals surface area contributed by atoms with Crippen LogP contribution >= 0.6 is 11.3 Å². The van der Waals surface area contributed by atoms with Gasteiger partial charge in [0.25, 0.3) is 0 Å². The second-order valence-electron chi connectivity index (χ2n) is 5.98. The van der Waals surface area contributed by atoms with Crippen molar-refractivity contribution in [3.8, 4) is 0 Å². The fourth-order valence-corrected chi connectivity index (χ4v) is 3.57.